The van der Waals surface area contributed by atoms with Crippen LogP contribution in [0.4, 0.5) is 4.79 Å². The quantitative estimate of drug-likeness (QED) is 0.286. The second-order valence-corrected chi connectivity index (χ2v) is 10.2. The molecule has 0 spiro atoms. The van der Waals surface area contributed by atoms with Gasteiger partial charge in [0.1, 0.15) is 23.7 Å². The van der Waals surface area contributed by atoms with Gasteiger partial charge in [-0.1, -0.05) is 13.8 Å². The molecule has 1 fully saturated rings. The number of hydrogen-bond donors (Lipinski definition) is 3. The minimum Gasteiger partial charge on any atom is -0.467 e. The van der Waals surface area contributed by atoms with Gasteiger partial charge >= 0.3 is 12.1 Å². The van der Waals surface area contributed by atoms with Crippen molar-refractivity contribution in [3.63, 3.8) is 0 Å². The molecule has 10 heteroatoms. The van der Waals surface area contributed by atoms with Crippen molar-refractivity contribution in [2.75, 3.05) is 27.2 Å². The fourth-order valence-electron chi connectivity index (χ4n) is 3.96. The molecule has 1 saturated heterocycles. The minimum absolute atomic E-state index is 0.139. The van der Waals surface area contributed by atoms with Gasteiger partial charge in [-0.05, 0) is 78.8 Å². The first kappa shape index (κ1) is 29.7. The molecular weight excluding hydrogens is 440 g/mol. The molecule has 0 radical (unpaired) electrons. The van der Waals surface area contributed by atoms with Gasteiger partial charge in [0.2, 0.25) is 11.8 Å². The van der Waals surface area contributed by atoms with Crippen molar-refractivity contribution in [2.45, 2.75) is 96.9 Å². The first-order chi connectivity index (χ1) is 15.9. The Morgan fingerprint density at radius 3 is 2.29 bits per heavy atom. The van der Waals surface area contributed by atoms with E-state index in [0.717, 1.165) is 19.4 Å². The van der Waals surface area contributed by atoms with Crippen molar-refractivity contribution >= 4 is 23.9 Å². The lowest BCUT2D eigenvalue weighted by molar-refractivity contribution is -0.146. The number of nitrogens with one attached hydrogen (secondary N) is 3. The largest absolute Gasteiger partial charge is 0.467 e. The zero-order chi connectivity index (χ0) is 25.9. The Balaban J connectivity index is 2.90. The number of ether oxygens (including phenoxy) is 2. The third-order valence-corrected chi connectivity index (χ3v) is 5.51. The van der Waals surface area contributed by atoms with Crippen molar-refractivity contribution in [2.24, 2.45) is 5.92 Å². The fourth-order valence-corrected chi connectivity index (χ4v) is 3.96. The Morgan fingerprint density at radius 1 is 1.06 bits per heavy atom. The number of amides is 3. The van der Waals surface area contributed by atoms with Crippen LogP contribution in [0.2, 0.25) is 0 Å². The number of alkyl carbamates (subject to hydrolysis) is 1. The summed E-state index contributed by atoms with van der Waals surface area (Å²) < 4.78 is 10.2. The number of carbonyl (C=O) groups is 4. The van der Waals surface area contributed by atoms with Crippen LogP contribution in [0.5, 0.6) is 0 Å². The number of rotatable bonds is 12. The molecule has 3 N–H and O–H groups in total. The highest BCUT2D eigenvalue weighted by atomic mass is 16.6. The Hall–Kier alpha value is -2.36. The van der Waals surface area contributed by atoms with Crippen LogP contribution in [0.25, 0.3) is 0 Å². The zero-order valence-corrected chi connectivity index (χ0v) is 21.9. The van der Waals surface area contributed by atoms with E-state index in [1.54, 1.807) is 20.8 Å². The smallest absolute Gasteiger partial charge is 0.408 e. The maximum atomic E-state index is 13.4. The summed E-state index contributed by atoms with van der Waals surface area (Å²) in [6, 6.07) is -2.27. The Labute approximate surface area is 203 Å². The molecule has 196 valence electrons. The van der Waals surface area contributed by atoms with Gasteiger partial charge in [-0.25, -0.2) is 9.59 Å². The standard InChI is InChI=1S/C24H44N4O6/c1-16(2)15-18(27-23(32)34-24(3,4)5)21(30)28-14-10-12-19(28)20(29)26-17(22(31)33-7)11-8-9-13-25-6/h16-19,25H,8-15H2,1-7H3,(H,26,29)(H,27,32)/t17-,18-,19-/m0/s1. The van der Waals surface area contributed by atoms with Gasteiger partial charge in [-0.15, -0.1) is 0 Å². The second-order valence-electron chi connectivity index (χ2n) is 10.2. The number of hydrogen-bond acceptors (Lipinski definition) is 7. The van der Waals surface area contributed by atoms with Crippen LogP contribution in [-0.2, 0) is 23.9 Å². The van der Waals surface area contributed by atoms with E-state index in [1.807, 2.05) is 20.9 Å². The summed E-state index contributed by atoms with van der Waals surface area (Å²) in [5, 5.41) is 8.52. The molecule has 1 aliphatic rings. The van der Waals surface area contributed by atoms with E-state index in [4.69, 9.17) is 9.47 Å². The van der Waals surface area contributed by atoms with Crippen LogP contribution in [0.1, 0.15) is 73.1 Å². The minimum atomic E-state index is -0.804. The third kappa shape index (κ3) is 10.3. The van der Waals surface area contributed by atoms with Gasteiger partial charge in [0, 0.05) is 6.54 Å². The van der Waals surface area contributed by atoms with Crippen molar-refractivity contribution in [1.29, 1.82) is 0 Å². The summed E-state index contributed by atoms with van der Waals surface area (Å²) >= 11 is 0. The first-order valence-electron chi connectivity index (χ1n) is 12.2. The molecule has 10 nitrogen and oxygen atoms in total. The molecule has 0 unspecified atom stereocenters. The highest BCUT2D eigenvalue weighted by Crippen LogP contribution is 2.21. The van der Waals surface area contributed by atoms with E-state index in [1.165, 1.54) is 12.0 Å². The number of carbonyl (C=O) groups excluding carboxylic acids is 4. The average Bonchev–Trinajstić information content (AvgIpc) is 3.22. The molecular formula is C24H44N4O6. The number of esters is 1. The molecule has 0 aromatic rings. The fraction of sp³-hybridized carbons (Fsp3) is 0.833. The van der Waals surface area contributed by atoms with Crippen LogP contribution in [0.15, 0.2) is 0 Å². The molecule has 0 aliphatic carbocycles. The van der Waals surface area contributed by atoms with Gasteiger partial charge in [0.05, 0.1) is 7.11 Å². The Bertz CT molecular complexity index is 691. The number of unbranched alkanes of at least 4 members (excludes halogenated alkanes) is 1. The average molecular weight is 485 g/mol. The number of methoxy groups -OCH3 is 1. The van der Waals surface area contributed by atoms with Crippen LogP contribution in [0, 0.1) is 5.92 Å². The van der Waals surface area contributed by atoms with Crippen LogP contribution in [0.3, 0.4) is 0 Å². The van der Waals surface area contributed by atoms with Crippen LogP contribution < -0.4 is 16.0 Å². The molecule has 0 saturated carbocycles. The van der Waals surface area contributed by atoms with Gasteiger partial charge < -0.3 is 30.3 Å². The third-order valence-electron chi connectivity index (χ3n) is 5.51. The second kappa shape index (κ2) is 14.1. The molecule has 0 bridgehead atoms. The van der Waals surface area contributed by atoms with Crippen molar-refractivity contribution < 1.29 is 28.7 Å². The highest BCUT2D eigenvalue weighted by molar-refractivity contribution is 5.93. The summed E-state index contributed by atoms with van der Waals surface area (Å²) in [5.74, 6) is -1.06. The van der Waals surface area contributed by atoms with E-state index in [9.17, 15) is 19.2 Å². The molecule has 0 aromatic carbocycles. The molecule has 1 heterocycles. The summed E-state index contributed by atoms with van der Waals surface area (Å²) in [6.45, 7) is 10.4. The monoisotopic (exact) mass is 484 g/mol. The number of likely N-dealkylation sites (tertiary alicyclic amines) is 1. The SMILES string of the molecule is CNCCCC[C@H](NC(=O)[C@@H]1CCCN1C(=O)[C@H](CC(C)C)NC(=O)OC(C)(C)C)C(=O)OC. The van der Waals surface area contributed by atoms with E-state index in [2.05, 4.69) is 16.0 Å². The highest BCUT2D eigenvalue weighted by Gasteiger charge is 2.39. The predicted molar refractivity (Wildman–Crippen MR) is 129 cm³/mol. The Kier molecular flexibility index (Phi) is 12.3. The summed E-state index contributed by atoms with van der Waals surface area (Å²) in [7, 11) is 3.15. The van der Waals surface area contributed by atoms with Crippen LogP contribution >= 0.6 is 0 Å². The van der Waals surface area contributed by atoms with E-state index in [-0.39, 0.29) is 17.7 Å². The number of nitrogens with zero attached hydrogens (tertiary/aromatic N) is 1. The topological polar surface area (TPSA) is 126 Å². The molecule has 3 amide bonds. The zero-order valence-electron chi connectivity index (χ0n) is 21.9. The normalized spacial score (nSPS) is 17.8. The van der Waals surface area contributed by atoms with Gasteiger partial charge in [-0.2, -0.15) is 0 Å². The lowest BCUT2D eigenvalue weighted by atomic mass is 10.0. The van der Waals surface area contributed by atoms with E-state index < -0.39 is 35.8 Å². The van der Waals surface area contributed by atoms with Gasteiger partial charge in [0.15, 0.2) is 0 Å². The molecule has 0 aromatic heterocycles. The molecule has 1 aliphatic heterocycles. The summed E-state index contributed by atoms with van der Waals surface area (Å²) in [5.41, 5.74) is -0.693. The maximum Gasteiger partial charge on any atom is 0.408 e. The van der Waals surface area contributed by atoms with Crippen LogP contribution in [-0.4, -0.2) is 79.8 Å². The predicted octanol–water partition coefficient (Wildman–Crippen LogP) is 1.96. The van der Waals surface area contributed by atoms with Gasteiger partial charge in [-0.3, -0.25) is 9.59 Å². The summed E-state index contributed by atoms with van der Waals surface area (Å²) in [4.78, 5) is 52.6. The molecule has 3 atom stereocenters. The van der Waals surface area contributed by atoms with Gasteiger partial charge in [0.25, 0.3) is 0 Å². The van der Waals surface area contributed by atoms with Crippen molar-refractivity contribution in [1.82, 2.24) is 20.9 Å². The first-order valence-corrected chi connectivity index (χ1v) is 12.2. The molecule has 34 heavy (non-hydrogen) atoms. The van der Waals surface area contributed by atoms with E-state index >= 15 is 0 Å². The maximum absolute atomic E-state index is 13.4. The Morgan fingerprint density at radius 2 is 1.74 bits per heavy atom. The molecule has 1 rings (SSSR count). The lowest BCUT2D eigenvalue weighted by Gasteiger charge is -2.30. The van der Waals surface area contributed by atoms with Crippen molar-refractivity contribution in [3.05, 3.63) is 0 Å². The van der Waals surface area contributed by atoms with E-state index in [0.29, 0.717) is 32.2 Å². The lowest BCUT2D eigenvalue weighted by Crippen LogP contribution is -2.56. The summed E-state index contributed by atoms with van der Waals surface area (Å²) in [6.07, 6.45) is 2.96. The van der Waals surface area contributed by atoms with Crippen molar-refractivity contribution in [3.8, 4) is 0 Å².